The molecule has 0 spiro atoms. The van der Waals surface area contributed by atoms with Gasteiger partial charge in [0.1, 0.15) is 5.82 Å². The molecule has 1 heterocycles. The third-order valence-electron chi connectivity index (χ3n) is 2.91. The minimum absolute atomic E-state index is 0.0370. The summed E-state index contributed by atoms with van der Waals surface area (Å²) >= 11 is 5.93. The lowest BCUT2D eigenvalue weighted by Gasteiger charge is -1.98. The van der Waals surface area contributed by atoms with Crippen molar-refractivity contribution in [2.24, 2.45) is 0 Å². The zero-order valence-electron chi connectivity index (χ0n) is 10.9. The van der Waals surface area contributed by atoms with Gasteiger partial charge in [0.15, 0.2) is 0 Å². The SMILES string of the molecule is O=[N+]([O-])c1ccc(-c2nnc(-c3ccc(F)cc3Cl)o2)cc1. The fourth-order valence-electron chi connectivity index (χ4n) is 1.84. The monoisotopic (exact) mass is 319 g/mol. The van der Waals surface area contributed by atoms with Crippen LogP contribution < -0.4 is 0 Å². The highest BCUT2D eigenvalue weighted by atomic mass is 35.5. The van der Waals surface area contributed by atoms with Crippen molar-refractivity contribution in [1.82, 2.24) is 10.2 Å². The summed E-state index contributed by atoms with van der Waals surface area (Å²) in [6.45, 7) is 0. The highest BCUT2D eigenvalue weighted by Gasteiger charge is 2.14. The van der Waals surface area contributed by atoms with E-state index >= 15 is 0 Å². The molecule has 0 atom stereocenters. The molecule has 2 aromatic carbocycles. The Morgan fingerprint density at radius 1 is 1.09 bits per heavy atom. The molecule has 3 aromatic rings. The number of aromatic nitrogens is 2. The lowest BCUT2D eigenvalue weighted by Crippen LogP contribution is -1.87. The molecule has 0 aliphatic rings. The van der Waals surface area contributed by atoms with Crippen molar-refractivity contribution in [2.45, 2.75) is 0 Å². The molecule has 0 N–H and O–H groups in total. The number of nitro groups is 1. The Kier molecular flexibility index (Phi) is 3.56. The fraction of sp³-hybridized carbons (Fsp3) is 0. The molecular weight excluding hydrogens is 313 g/mol. The van der Waals surface area contributed by atoms with E-state index in [1.807, 2.05) is 0 Å². The second-order valence-electron chi connectivity index (χ2n) is 4.34. The Bertz CT molecular complexity index is 849. The summed E-state index contributed by atoms with van der Waals surface area (Å²) in [5, 5.41) is 18.5. The maximum atomic E-state index is 13.0. The van der Waals surface area contributed by atoms with Crippen LogP contribution in [-0.4, -0.2) is 15.1 Å². The highest BCUT2D eigenvalue weighted by Crippen LogP contribution is 2.30. The van der Waals surface area contributed by atoms with Crippen molar-refractivity contribution in [3.63, 3.8) is 0 Å². The van der Waals surface area contributed by atoms with E-state index in [9.17, 15) is 14.5 Å². The van der Waals surface area contributed by atoms with Crippen LogP contribution >= 0.6 is 11.6 Å². The average Bonchev–Trinajstić information content (AvgIpc) is 2.97. The van der Waals surface area contributed by atoms with Gasteiger partial charge in [0, 0.05) is 17.7 Å². The Morgan fingerprint density at radius 3 is 2.41 bits per heavy atom. The Morgan fingerprint density at radius 2 is 1.77 bits per heavy atom. The molecule has 1 aromatic heterocycles. The van der Waals surface area contributed by atoms with Gasteiger partial charge in [0.2, 0.25) is 11.8 Å². The number of halogens is 2. The topological polar surface area (TPSA) is 82.1 Å². The molecule has 0 saturated carbocycles. The quantitative estimate of drug-likeness (QED) is 0.536. The van der Waals surface area contributed by atoms with Gasteiger partial charge in [-0.2, -0.15) is 0 Å². The van der Waals surface area contributed by atoms with Gasteiger partial charge in [0.05, 0.1) is 15.5 Å². The van der Waals surface area contributed by atoms with Crippen LogP contribution in [0.3, 0.4) is 0 Å². The molecule has 3 rings (SSSR count). The maximum Gasteiger partial charge on any atom is 0.269 e. The molecule has 0 aliphatic heterocycles. The van der Waals surface area contributed by atoms with E-state index in [1.54, 1.807) is 0 Å². The predicted molar refractivity (Wildman–Crippen MR) is 76.8 cm³/mol. The fourth-order valence-corrected chi connectivity index (χ4v) is 2.09. The van der Waals surface area contributed by atoms with E-state index in [4.69, 9.17) is 16.0 Å². The van der Waals surface area contributed by atoms with Gasteiger partial charge in [-0.3, -0.25) is 10.1 Å². The third kappa shape index (κ3) is 2.66. The lowest BCUT2D eigenvalue weighted by molar-refractivity contribution is -0.384. The Hall–Kier alpha value is -2.80. The first-order valence-corrected chi connectivity index (χ1v) is 6.46. The second-order valence-corrected chi connectivity index (χ2v) is 4.75. The van der Waals surface area contributed by atoms with E-state index in [2.05, 4.69) is 10.2 Å². The highest BCUT2D eigenvalue weighted by molar-refractivity contribution is 6.33. The van der Waals surface area contributed by atoms with Crippen LogP contribution in [-0.2, 0) is 0 Å². The van der Waals surface area contributed by atoms with Gasteiger partial charge >= 0.3 is 0 Å². The molecule has 0 radical (unpaired) electrons. The molecule has 0 unspecified atom stereocenters. The van der Waals surface area contributed by atoms with Crippen molar-refractivity contribution < 1.29 is 13.7 Å². The van der Waals surface area contributed by atoms with Crippen molar-refractivity contribution in [3.05, 3.63) is 63.4 Å². The number of hydrogen-bond donors (Lipinski definition) is 0. The average molecular weight is 320 g/mol. The molecule has 0 fully saturated rings. The van der Waals surface area contributed by atoms with Gasteiger partial charge in [-0.15, -0.1) is 10.2 Å². The lowest BCUT2D eigenvalue weighted by atomic mass is 10.2. The van der Waals surface area contributed by atoms with Gasteiger partial charge < -0.3 is 4.42 Å². The predicted octanol–water partition coefficient (Wildman–Crippen LogP) is 4.10. The van der Waals surface area contributed by atoms with Gasteiger partial charge in [-0.05, 0) is 30.3 Å². The minimum Gasteiger partial charge on any atom is -0.416 e. The van der Waals surface area contributed by atoms with Crippen LogP contribution in [0.2, 0.25) is 5.02 Å². The first-order chi connectivity index (χ1) is 10.5. The number of rotatable bonds is 3. The van der Waals surface area contributed by atoms with Crippen LogP contribution in [0.5, 0.6) is 0 Å². The first-order valence-electron chi connectivity index (χ1n) is 6.08. The number of benzene rings is 2. The summed E-state index contributed by atoms with van der Waals surface area (Å²) in [5.74, 6) is -0.146. The van der Waals surface area contributed by atoms with Crippen LogP contribution in [0.15, 0.2) is 46.9 Å². The van der Waals surface area contributed by atoms with Crippen molar-refractivity contribution >= 4 is 17.3 Å². The number of hydrogen-bond acceptors (Lipinski definition) is 5. The molecule has 0 amide bonds. The molecule has 8 heteroatoms. The largest absolute Gasteiger partial charge is 0.416 e. The molecule has 0 saturated heterocycles. The standard InChI is InChI=1S/C14H7ClFN3O3/c15-12-7-9(16)3-6-11(12)14-18-17-13(22-14)8-1-4-10(5-2-8)19(20)21/h1-7H. The van der Waals surface area contributed by atoms with Gasteiger partial charge in [0.25, 0.3) is 5.69 Å². The van der Waals surface area contributed by atoms with Gasteiger partial charge in [-0.25, -0.2) is 4.39 Å². The molecule has 22 heavy (non-hydrogen) atoms. The van der Waals surface area contributed by atoms with E-state index < -0.39 is 10.7 Å². The minimum atomic E-state index is -0.499. The van der Waals surface area contributed by atoms with E-state index in [1.165, 1.54) is 36.4 Å². The second kappa shape index (κ2) is 5.53. The van der Waals surface area contributed by atoms with Crippen molar-refractivity contribution in [2.75, 3.05) is 0 Å². The third-order valence-corrected chi connectivity index (χ3v) is 3.22. The summed E-state index contributed by atoms with van der Waals surface area (Å²) in [5.41, 5.74) is 0.899. The molecule has 6 nitrogen and oxygen atoms in total. The first kappa shape index (κ1) is 14.2. The molecule has 110 valence electrons. The zero-order valence-corrected chi connectivity index (χ0v) is 11.6. The van der Waals surface area contributed by atoms with E-state index in [0.29, 0.717) is 11.1 Å². The normalized spacial score (nSPS) is 10.6. The summed E-state index contributed by atoms with van der Waals surface area (Å²) < 4.78 is 18.5. The number of non-ortho nitro benzene ring substituents is 1. The summed E-state index contributed by atoms with van der Waals surface area (Å²) in [6, 6.07) is 9.49. The van der Waals surface area contributed by atoms with E-state index in [0.717, 1.165) is 6.07 Å². The summed E-state index contributed by atoms with van der Waals surface area (Å²) in [6.07, 6.45) is 0. The smallest absolute Gasteiger partial charge is 0.269 e. The van der Waals surface area contributed by atoms with E-state index in [-0.39, 0.29) is 22.5 Å². The summed E-state index contributed by atoms with van der Waals surface area (Å²) in [7, 11) is 0. The van der Waals surface area contributed by atoms with Crippen molar-refractivity contribution in [3.8, 4) is 22.9 Å². The van der Waals surface area contributed by atoms with Crippen LogP contribution in [0.25, 0.3) is 22.9 Å². The number of nitrogens with zero attached hydrogens (tertiary/aromatic N) is 3. The van der Waals surface area contributed by atoms with Crippen LogP contribution in [0, 0.1) is 15.9 Å². The van der Waals surface area contributed by atoms with Crippen molar-refractivity contribution in [1.29, 1.82) is 0 Å². The number of nitro benzene ring substituents is 1. The zero-order chi connectivity index (χ0) is 15.7. The Balaban J connectivity index is 1.95. The molecule has 0 bridgehead atoms. The van der Waals surface area contributed by atoms with Crippen LogP contribution in [0.1, 0.15) is 0 Å². The van der Waals surface area contributed by atoms with Crippen LogP contribution in [0.4, 0.5) is 10.1 Å². The Labute approximate surface area is 128 Å². The molecule has 0 aliphatic carbocycles. The molecular formula is C14H7ClFN3O3. The summed E-state index contributed by atoms with van der Waals surface area (Å²) in [4.78, 5) is 10.1. The van der Waals surface area contributed by atoms with Gasteiger partial charge in [-0.1, -0.05) is 11.6 Å². The maximum absolute atomic E-state index is 13.0.